The van der Waals surface area contributed by atoms with Gasteiger partial charge in [-0.25, -0.2) is 8.42 Å². The van der Waals surface area contributed by atoms with Crippen LogP contribution in [0.25, 0.3) is 11.0 Å². The molecule has 0 aliphatic carbocycles. The fourth-order valence-electron chi connectivity index (χ4n) is 3.20. The third-order valence-electron chi connectivity index (χ3n) is 5.00. The van der Waals surface area contributed by atoms with E-state index in [9.17, 15) is 18.0 Å². The van der Waals surface area contributed by atoms with Crippen LogP contribution >= 0.6 is 0 Å². The lowest BCUT2D eigenvalue weighted by molar-refractivity contribution is 0.101. The van der Waals surface area contributed by atoms with Gasteiger partial charge >= 0.3 is 0 Å². The molecule has 0 unspecified atom stereocenters. The van der Waals surface area contributed by atoms with Crippen molar-refractivity contribution in [1.82, 2.24) is 9.97 Å². The van der Waals surface area contributed by atoms with Crippen LogP contribution in [0, 0.1) is 6.92 Å². The molecule has 33 heavy (non-hydrogen) atoms. The zero-order valence-electron chi connectivity index (χ0n) is 17.9. The third-order valence-corrected chi connectivity index (χ3v) is 6.11. The van der Waals surface area contributed by atoms with Crippen LogP contribution in [-0.4, -0.2) is 36.5 Å². The number of nitrogens with zero attached hydrogens (tertiary/aromatic N) is 2. The van der Waals surface area contributed by atoms with Crippen LogP contribution in [-0.2, 0) is 9.84 Å². The van der Waals surface area contributed by atoms with Crippen molar-refractivity contribution in [3.8, 4) is 0 Å². The number of carbonyl (C=O) groups excluding carboxylic acids is 2. The summed E-state index contributed by atoms with van der Waals surface area (Å²) in [7, 11) is -3.43. The fraction of sp³-hybridized carbons (Fsp3) is 0.0833. The normalized spacial score (nSPS) is 11.2. The lowest BCUT2D eigenvalue weighted by Crippen LogP contribution is -2.15. The van der Waals surface area contributed by atoms with Crippen LogP contribution in [0.4, 0.5) is 11.4 Å². The molecule has 1 heterocycles. The highest BCUT2D eigenvalue weighted by molar-refractivity contribution is 7.90. The molecule has 2 amide bonds. The van der Waals surface area contributed by atoms with E-state index in [1.165, 1.54) is 24.3 Å². The topological polar surface area (TPSA) is 118 Å². The molecule has 2 N–H and O–H groups in total. The highest BCUT2D eigenvalue weighted by atomic mass is 32.2. The van der Waals surface area contributed by atoms with Crippen molar-refractivity contribution >= 4 is 44.1 Å². The molecule has 1 aromatic heterocycles. The Hall–Kier alpha value is -4.11. The summed E-state index contributed by atoms with van der Waals surface area (Å²) in [5.74, 6) is -0.787. The lowest BCUT2D eigenvalue weighted by atomic mass is 10.1. The zero-order chi connectivity index (χ0) is 23.6. The monoisotopic (exact) mass is 460 g/mol. The molecule has 0 spiro atoms. The lowest BCUT2D eigenvalue weighted by Gasteiger charge is -2.12. The Balaban J connectivity index is 1.54. The second kappa shape index (κ2) is 8.79. The number of aromatic nitrogens is 2. The Morgan fingerprint density at radius 3 is 2.24 bits per heavy atom. The predicted molar refractivity (Wildman–Crippen MR) is 126 cm³/mol. The Morgan fingerprint density at radius 1 is 0.788 bits per heavy atom. The second-order valence-corrected chi connectivity index (χ2v) is 9.51. The van der Waals surface area contributed by atoms with Gasteiger partial charge in [-0.2, -0.15) is 0 Å². The molecule has 0 aliphatic rings. The molecule has 0 fully saturated rings. The number of hydrogen-bond acceptors (Lipinski definition) is 6. The quantitative estimate of drug-likeness (QED) is 0.467. The summed E-state index contributed by atoms with van der Waals surface area (Å²) in [4.78, 5) is 33.9. The molecule has 166 valence electrons. The largest absolute Gasteiger partial charge is 0.322 e. The molecule has 3 aromatic carbocycles. The molecule has 4 rings (SSSR count). The molecule has 4 aromatic rings. The smallest absolute Gasteiger partial charge is 0.255 e. The van der Waals surface area contributed by atoms with Crippen LogP contribution in [0.15, 0.2) is 78.0 Å². The highest BCUT2D eigenvalue weighted by Gasteiger charge is 2.14. The number of nitrogens with one attached hydrogen (secondary N) is 2. The zero-order valence-corrected chi connectivity index (χ0v) is 18.7. The minimum absolute atomic E-state index is 0.0621. The Kier molecular flexibility index (Phi) is 5.89. The molecule has 0 aliphatic heterocycles. The Morgan fingerprint density at radius 2 is 1.48 bits per heavy atom. The summed E-state index contributed by atoms with van der Waals surface area (Å²) in [6.45, 7) is 1.84. The number of rotatable bonds is 5. The molecular weight excluding hydrogens is 440 g/mol. The van der Waals surface area contributed by atoms with Gasteiger partial charge in [-0.15, -0.1) is 0 Å². The number of aryl methyl sites for hydroxylation is 1. The van der Waals surface area contributed by atoms with Gasteiger partial charge in [0.05, 0.1) is 15.9 Å². The standard InChI is InChI=1S/C24H20N4O4S/c1-15-6-8-18(27-23(29)16-4-3-5-19(12-16)33(2,31)32)14-21(15)28-24(30)17-7-9-20-22(13-17)26-11-10-25-20/h3-14H,1-2H3,(H,27,29)(H,28,30). The molecule has 0 radical (unpaired) electrons. The number of fused-ring (bicyclic) bond motifs is 1. The summed E-state index contributed by atoms with van der Waals surface area (Å²) in [6.07, 6.45) is 4.23. The van der Waals surface area contributed by atoms with E-state index in [4.69, 9.17) is 0 Å². The average Bonchev–Trinajstić information content (AvgIpc) is 2.80. The van der Waals surface area contributed by atoms with Gasteiger partial charge in [-0.3, -0.25) is 19.6 Å². The number of amides is 2. The van der Waals surface area contributed by atoms with Crippen LogP contribution in [0.1, 0.15) is 26.3 Å². The maximum Gasteiger partial charge on any atom is 0.255 e. The minimum Gasteiger partial charge on any atom is -0.322 e. The Bertz CT molecular complexity index is 1500. The van der Waals surface area contributed by atoms with E-state index in [0.717, 1.165) is 11.8 Å². The van der Waals surface area contributed by atoms with Crippen LogP contribution < -0.4 is 10.6 Å². The van der Waals surface area contributed by atoms with Crippen molar-refractivity contribution in [1.29, 1.82) is 0 Å². The van der Waals surface area contributed by atoms with Gasteiger partial charge in [0.2, 0.25) is 0 Å². The molecule has 0 bridgehead atoms. The first kappa shape index (κ1) is 22.1. The summed E-state index contributed by atoms with van der Waals surface area (Å²) in [5, 5.41) is 5.59. The molecule has 8 nitrogen and oxygen atoms in total. The summed E-state index contributed by atoms with van der Waals surface area (Å²) >= 11 is 0. The number of carbonyl (C=O) groups is 2. The van der Waals surface area contributed by atoms with Crippen LogP contribution in [0.5, 0.6) is 0 Å². The van der Waals surface area contributed by atoms with Gasteiger partial charge in [-0.05, 0) is 61.0 Å². The van der Waals surface area contributed by atoms with Gasteiger partial charge < -0.3 is 10.6 Å². The number of anilines is 2. The maximum atomic E-state index is 12.8. The number of sulfone groups is 1. The van der Waals surface area contributed by atoms with Crippen molar-refractivity contribution in [2.24, 2.45) is 0 Å². The minimum atomic E-state index is -3.43. The van der Waals surface area contributed by atoms with Crippen molar-refractivity contribution in [2.75, 3.05) is 16.9 Å². The number of benzene rings is 3. The van der Waals surface area contributed by atoms with Gasteiger partial charge in [0, 0.05) is 41.2 Å². The van der Waals surface area contributed by atoms with Gasteiger partial charge in [-0.1, -0.05) is 12.1 Å². The maximum absolute atomic E-state index is 12.8. The highest BCUT2D eigenvalue weighted by Crippen LogP contribution is 2.23. The summed E-state index contributed by atoms with van der Waals surface area (Å²) in [6, 6.07) is 16.0. The average molecular weight is 461 g/mol. The summed E-state index contributed by atoms with van der Waals surface area (Å²) in [5.41, 5.74) is 3.72. The van der Waals surface area contributed by atoms with E-state index in [2.05, 4.69) is 20.6 Å². The number of hydrogen-bond donors (Lipinski definition) is 2. The molecule has 0 saturated heterocycles. The predicted octanol–water partition coefficient (Wildman–Crippen LogP) is 3.85. The van der Waals surface area contributed by atoms with Gasteiger partial charge in [0.1, 0.15) is 0 Å². The first-order valence-electron chi connectivity index (χ1n) is 9.95. The molecule has 0 atom stereocenters. The van der Waals surface area contributed by atoms with E-state index in [0.29, 0.717) is 28.0 Å². The van der Waals surface area contributed by atoms with Crippen molar-refractivity contribution in [3.63, 3.8) is 0 Å². The van der Waals surface area contributed by atoms with Crippen molar-refractivity contribution in [3.05, 3.63) is 89.7 Å². The van der Waals surface area contributed by atoms with E-state index < -0.39 is 15.7 Å². The first-order chi connectivity index (χ1) is 15.7. The SMILES string of the molecule is Cc1ccc(NC(=O)c2cccc(S(C)(=O)=O)c2)cc1NC(=O)c1ccc2nccnc2c1. The second-order valence-electron chi connectivity index (χ2n) is 7.50. The third kappa shape index (κ3) is 5.04. The van der Waals surface area contributed by atoms with Gasteiger partial charge in [0.25, 0.3) is 11.8 Å². The molecular formula is C24H20N4O4S. The summed E-state index contributed by atoms with van der Waals surface area (Å²) < 4.78 is 23.5. The fourth-order valence-corrected chi connectivity index (χ4v) is 3.87. The van der Waals surface area contributed by atoms with Gasteiger partial charge in [0.15, 0.2) is 9.84 Å². The van der Waals surface area contributed by atoms with E-state index >= 15 is 0 Å². The van der Waals surface area contributed by atoms with Crippen LogP contribution in [0.3, 0.4) is 0 Å². The van der Waals surface area contributed by atoms with Crippen molar-refractivity contribution < 1.29 is 18.0 Å². The van der Waals surface area contributed by atoms with E-state index in [-0.39, 0.29) is 16.4 Å². The van der Waals surface area contributed by atoms with Crippen molar-refractivity contribution in [2.45, 2.75) is 11.8 Å². The molecule has 9 heteroatoms. The van der Waals surface area contributed by atoms with E-state index in [1.807, 2.05) is 6.92 Å². The van der Waals surface area contributed by atoms with E-state index in [1.54, 1.807) is 48.8 Å². The first-order valence-corrected chi connectivity index (χ1v) is 11.8. The molecule has 0 saturated carbocycles. The van der Waals surface area contributed by atoms with Crippen LogP contribution in [0.2, 0.25) is 0 Å². The Labute approximate surface area is 190 Å².